The van der Waals surface area contributed by atoms with Crippen LogP contribution in [0, 0.1) is 5.92 Å². The predicted octanol–water partition coefficient (Wildman–Crippen LogP) is 2.03. The Balaban J connectivity index is 2.67. The molecule has 0 aliphatic rings. The van der Waals surface area contributed by atoms with Crippen molar-refractivity contribution >= 4 is 18.5 Å². The van der Waals surface area contributed by atoms with Crippen LogP contribution in [0.3, 0.4) is 0 Å². The third-order valence-electron chi connectivity index (χ3n) is 2.92. The van der Waals surface area contributed by atoms with Crippen LogP contribution < -0.4 is 0 Å². The second-order valence-electron chi connectivity index (χ2n) is 4.22. The number of nitrogens with zero attached hydrogens (tertiary/aromatic N) is 1. The number of hydroxylamine groups is 2. The quantitative estimate of drug-likeness (QED) is 0.448. The molecule has 0 spiro atoms. The van der Waals surface area contributed by atoms with Gasteiger partial charge in [0.15, 0.2) is 0 Å². The molecule has 1 aromatic rings. The van der Waals surface area contributed by atoms with E-state index >= 15 is 0 Å². The molecule has 1 rings (SSSR count). The first-order valence-corrected chi connectivity index (χ1v) is 5.93. The summed E-state index contributed by atoms with van der Waals surface area (Å²) < 4.78 is 0. The molecule has 19 heavy (non-hydrogen) atoms. The number of allylic oxidation sites excluding steroid dienone is 1. The number of carboxylic acids is 1. The molecule has 0 aliphatic heterocycles. The molecule has 0 radical (unpaired) electrons. The van der Waals surface area contributed by atoms with Crippen molar-refractivity contribution in [2.24, 2.45) is 5.92 Å². The molecule has 2 N–H and O–H groups in total. The highest BCUT2D eigenvalue weighted by molar-refractivity contribution is 5.71. The molecule has 0 unspecified atom stereocenters. The topological polar surface area (TPSA) is 77.8 Å². The monoisotopic (exact) mass is 263 g/mol. The highest BCUT2D eigenvalue weighted by atomic mass is 16.5. The van der Waals surface area contributed by atoms with E-state index in [-0.39, 0.29) is 12.8 Å². The third kappa shape index (κ3) is 4.56. The number of carbonyl (C=O) groups is 2. The van der Waals surface area contributed by atoms with Gasteiger partial charge in [0.05, 0.1) is 12.0 Å². The summed E-state index contributed by atoms with van der Waals surface area (Å²) >= 11 is 0. The van der Waals surface area contributed by atoms with Gasteiger partial charge < -0.3 is 5.11 Å². The molecule has 0 bridgehead atoms. The van der Waals surface area contributed by atoms with Crippen molar-refractivity contribution in [3.8, 4) is 0 Å². The first kappa shape index (κ1) is 14.9. The summed E-state index contributed by atoms with van der Waals surface area (Å²) in [4.78, 5) is 21.5. The predicted molar refractivity (Wildman–Crippen MR) is 70.4 cm³/mol. The Hall–Kier alpha value is -2.14. The lowest BCUT2D eigenvalue weighted by Crippen LogP contribution is -2.38. The lowest BCUT2D eigenvalue weighted by atomic mass is 9.97. The lowest BCUT2D eigenvalue weighted by molar-refractivity contribution is -0.169. The maximum atomic E-state index is 11.1. The molecule has 0 aliphatic carbocycles. The second kappa shape index (κ2) is 7.33. The normalized spacial score (nSPS) is 14.0. The summed E-state index contributed by atoms with van der Waals surface area (Å²) in [6.07, 6.45) is 3.98. The first-order valence-electron chi connectivity index (χ1n) is 5.93. The molecule has 0 fully saturated rings. The Morgan fingerprint density at radius 1 is 1.37 bits per heavy atom. The SMILES string of the molecule is C[C@@H]([C@@H](C/C=C/c1ccccc1)C(=O)O)N(O)C=O. The van der Waals surface area contributed by atoms with E-state index in [1.807, 2.05) is 36.4 Å². The van der Waals surface area contributed by atoms with Gasteiger partial charge in [-0.05, 0) is 18.9 Å². The van der Waals surface area contributed by atoms with E-state index in [1.54, 1.807) is 6.08 Å². The maximum absolute atomic E-state index is 11.1. The van der Waals surface area contributed by atoms with Gasteiger partial charge in [-0.2, -0.15) is 0 Å². The van der Waals surface area contributed by atoms with Gasteiger partial charge in [-0.25, -0.2) is 5.06 Å². The van der Waals surface area contributed by atoms with Crippen LogP contribution in [0.1, 0.15) is 18.9 Å². The Labute approximate surface area is 111 Å². The zero-order chi connectivity index (χ0) is 14.3. The molecule has 0 heterocycles. The van der Waals surface area contributed by atoms with Crippen LogP contribution >= 0.6 is 0 Å². The molecule has 5 heteroatoms. The number of amides is 1. The van der Waals surface area contributed by atoms with E-state index < -0.39 is 17.9 Å². The van der Waals surface area contributed by atoms with Gasteiger partial charge in [-0.3, -0.25) is 14.8 Å². The van der Waals surface area contributed by atoms with Crippen LogP contribution in [0.15, 0.2) is 36.4 Å². The molecule has 2 atom stereocenters. The number of carboxylic acid groups (broad SMARTS) is 1. The fourth-order valence-corrected chi connectivity index (χ4v) is 1.70. The van der Waals surface area contributed by atoms with Crippen molar-refractivity contribution in [3.63, 3.8) is 0 Å². The Bertz CT molecular complexity index is 444. The van der Waals surface area contributed by atoms with Gasteiger partial charge in [-0.1, -0.05) is 42.5 Å². The average molecular weight is 263 g/mol. The highest BCUT2D eigenvalue weighted by Crippen LogP contribution is 2.15. The molecular weight excluding hydrogens is 246 g/mol. The largest absolute Gasteiger partial charge is 0.481 e. The summed E-state index contributed by atoms with van der Waals surface area (Å²) in [6.45, 7) is 1.49. The summed E-state index contributed by atoms with van der Waals surface area (Å²) in [6, 6.07) is 8.69. The lowest BCUT2D eigenvalue weighted by Gasteiger charge is -2.23. The van der Waals surface area contributed by atoms with E-state index in [9.17, 15) is 14.8 Å². The van der Waals surface area contributed by atoms with Crippen LogP contribution in [0.5, 0.6) is 0 Å². The van der Waals surface area contributed by atoms with E-state index in [1.165, 1.54) is 6.92 Å². The highest BCUT2D eigenvalue weighted by Gasteiger charge is 2.27. The fraction of sp³-hybridized carbons (Fsp3) is 0.286. The standard InChI is InChI=1S/C14H17NO4/c1-11(15(19)10-16)13(14(17)18)9-5-8-12-6-3-2-4-7-12/h2-8,10-11,13,19H,9H2,1H3,(H,17,18)/b8-5+/t11-,13+/m0/s1. The Morgan fingerprint density at radius 3 is 2.53 bits per heavy atom. The molecule has 5 nitrogen and oxygen atoms in total. The summed E-state index contributed by atoms with van der Waals surface area (Å²) in [5, 5.41) is 18.7. The van der Waals surface area contributed by atoms with Crippen LogP contribution in [-0.2, 0) is 9.59 Å². The van der Waals surface area contributed by atoms with Crippen molar-refractivity contribution in [2.75, 3.05) is 0 Å². The zero-order valence-corrected chi connectivity index (χ0v) is 10.6. The van der Waals surface area contributed by atoms with Crippen molar-refractivity contribution in [1.29, 1.82) is 0 Å². The number of carbonyl (C=O) groups excluding carboxylic acids is 1. The van der Waals surface area contributed by atoms with Crippen molar-refractivity contribution < 1.29 is 19.9 Å². The van der Waals surface area contributed by atoms with Crippen molar-refractivity contribution in [2.45, 2.75) is 19.4 Å². The number of aliphatic carboxylic acids is 1. The van der Waals surface area contributed by atoms with Gasteiger partial charge in [0.25, 0.3) is 0 Å². The van der Waals surface area contributed by atoms with E-state index in [2.05, 4.69) is 0 Å². The molecule has 102 valence electrons. The van der Waals surface area contributed by atoms with Gasteiger partial charge in [-0.15, -0.1) is 0 Å². The third-order valence-corrected chi connectivity index (χ3v) is 2.92. The van der Waals surface area contributed by atoms with Crippen molar-refractivity contribution in [3.05, 3.63) is 42.0 Å². The summed E-state index contributed by atoms with van der Waals surface area (Å²) in [5.74, 6) is -1.90. The minimum absolute atomic E-state index is 0.210. The molecule has 1 amide bonds. The minimum atomic E-state index is -1.05. The van der Waals surface area contributed by atoms with Gasteiger partial charge in [0, 0.05) is 0 Å². The average Bonchev–Trinajstić information content (AvgIpc) is 2.42. The van der Waals surface area contributed by atoms with E-state index in [4.69, 9.17) is 5.11 Å². The van der Waals surface area contributed by atoms with Crippen LogP contribution in [0.4, 0.5) is 0 Å². The summed E-state index contributed by atoms with van der Waals surface area (Å²) in [7, 11) is 0. The van der Waals surface area contributed by atoms with Crippen LogP contribution in [-0.4, -0.2) is 33.8 Å². The number of rotatable bonds is 7. The molecular formula is C14H17NO4. The van der Waals surface area contributed by atoms with Gasteiger partial charge >= 0.3 is 5.97 Å². The first-order chi connectivity index (χ1) is 9.06. The zero-order valence-electron chi connectivity index (χ0n) is 10.6. The van der Waals surface area contributed by atoms with E-state index in [0.717, 1.165) is 5.56 Å². The summed E-state index contributed by atoms with van der Waals surface area (Å²) in [5.41, 5.74) is 0.968. The molecule has 0 aromatic heterocycles. The second-order valence-corrected chi connectivity index (χ2v) is 4.22. The maximum Gasteiger partial charge on any atom is 0.308 e. The number of hydrogen-bond acceptors (Lipinski definition) is 3. The van der Waals surface area contributed by atoms with E-state index in [0.29, 0.717) is 5.06 Å². The van der Waals surface area contributed by atoms with Crippen molar-refractivity contribution in [1.82, 2.24) is 5.06 Å². The molecule has 0 saturated carbocycles. The van der Waals surface area contributed by atoms with Crippen LogP contribution in [0.25, 0.3) is 6.08 Å². The van der Waals surface area contributed by atoms with Gasteiger partial charge in [0.1, 0.15) is 0 Å². The smallest absolute Gasteiger partial charge is 0.308 e. The van der Waals surface area contributed by atoms with Crippen LogP contribution in [0.2, 0.25) is 0 Å². The number of benzene rings is 1. The fourth-order valence-electron chi connectivity index (χ4n) is 1.70. The minimum Gasteiger partial charge on any atom is -0.481 e. The number of hydrogen-bond donors (Lipinski definition) is 2. The van der Waals surface area contributed by atoms with Gasteiger partial charge in [0.2, 0.25) is 6.41 Å². The Morgan fingerprint density at radius 2 is 2.00 bits per heavy atom. The molecule has 0 saturated heterocycles. The Kier molecular flexibility index (Phi) is 5.75. The molecule has 1 aromatic carbocycles.